The molecule has 1 aromatic heterocycles. The number of aromatic nitrogens is 1. The summed E-state index contributed by atoms with van der Waals surface area (Å²) in [5.41, 5.74) is 5.68. The van der Waals surface area contributed by atoms with Gasteiger partial charge in [-0.3, -0.25) is 0 Å². The second-order valence-electron chi connectivity index (χ2n) is 4.94. The molecule has 7 nitrogen and oxygen atoms in total. The fourth-order valence-corrected chi connectivity index (χ4v) is 4.23. The highest BCUT2D eigenvalue weighted by atomic mass is 32.2. The predicted octanol–water partition coefficient (Wildman–Crippen LogP) is 0.191. The largest absolute Gasteiger partial charge is 0.383 e. The number of nitrogens with two attached hydrogens (primary N) is 1. The molecule has 2 fully saturated rings. The van der Waals surface area contributed by atoms with Gasteiger partial charge in [-0.1, -0.05) is 0 Å². The Bertz CT molecular complexity index is 598. The van der Waals surface area contributed by atoms with Crippen molar-refractivity contribution in [2.75, 3.05) is 32.0 Å². The lowest BCUT2D eigenvalue weighted by Crippen LogP contribution is -2.51. The summed E-state index contributed by atoms with van der Waals surface area (Å²) in [7, 11) is -3.67. The molecule has 2 aliphatic rings. The fourth-order valence-electron chi connectivity index (χ4n) is 2.65. The number of hydrogen-bond donors (Lipinski definition) is 1. The van der Waals surface area contributed by atoms with Gasteiger partial charge in [-0.05, 0) is 18.6 Å². The van der Waals surface area contributed by atoms with Gasteiger partial charge in [-0.2, -0.15) is 4.31 Å². The second kappa shape index (κ2) is 4.96. The lowest BCUT2D eigenvalue weighted by molar-refractivity contribution is -0.179. The third-order valence-electron chi connectivity index (χ3n) is 3.61. The van der Waals surface area contributed by atoms with Gasteiger partial charge < -0.3 is 15.2 Å². The van der Waals surface area contributed by atoms with Crippen LogP contribution in [-0.2, 0) is 19.5 Å². The van der Waals surface area contributed by atoms with E-state index < -0.39 is 15.8 Å². The first-order chi connectivity index (χ1) is 9.54. The summed E-state index contributed by atoms with van der Waals surface area (Å²) in [4.78, 5) is 3.88. The number of rotatable bonds is 2. The summed E-state index contributed by atoms with van der Waals surface area (Å²) in [5.74, 6) is -0.775. The highest BCUT2D eigenvalue weighted by Gasteiger charge is 2.44. The Balaban J connectivity index is 1.90. The van der Waals surface area contributed by atoms with Crippen molar-refractivity contribution < 1.29 is 17.9 Å². The summed E-state index contributed by atoms with van der Waals surface area (Å²) in [5, 5.41) is 0. The zero-order chi connectivity index (χ0) is 14.2. The molecular formula is C12H17N3O4S. The van der Waals surface area contributed by atoms with Gasteiger partial charge in [0, 0.05) is 19.2 Å². The maximum atomic E-state index is 12.6. The van der Waals surface area contributed by atoms with E-state index in [1.54, 1.807) is 6.07 Å². The third kappa shape index (κ3) is 2.28. The summed E-state index contributed by atoms with van der Waals surface area (Å²) in [6.07, 6.45) is 2.87. The summed E-state index contributed by atoms with van der Waals surface area (Å²) in [6, 6.07) is 3.03. The highest BCUT2D eigenvalue weighted by Crippen LogP contribution is 2.33. The molecule has 1 spiro atoms. The zero-order valence-electron chi connectivity index (χ0n) is 11.0. The average Bonchev–Trinajstić information content (AvgIpc) is 2.87. The maximum absolute atomic E-state index is 12.6. The van der Waals surface area contributed by atoms with Crippen LogP contribution in [0, 0.1) is 0 Å². The molecule has 0 unspecified atom stereocenters. The molecule has 0 saturated carbocycles. The molecule has 0 bridgehead atoms. The minimum atomic E-state index is -3.67. The Hall–Kier alpha value is -1.22. The Labute approximate surface area is 117 Å². The van der Waals surface area contributed by atoms with Gasteiger partial charge in [0.1, 0.15) is 10.7 Å². The van der Waals surface area contributed by atoms with Crippen molar-refractivity contribution in [2.24, 2.45) is 0 Å². The molecule has 3 rings (SSSR count). The molecule has 3 heterocycles. The molecule has 0 atom stereocenters. The molecule has 0 radical (unpaired) electrons. The Morgan fingerprint density at radius 2 is 2.10 bits per heavy atom. The predicted molar refractivity (Wildman–Crippen MR) is 71.3 cm³/mol. The topological polar surface area (TPSA) is 94.8 Å². The first-order valence-corrected chi connectivity index (χ1v) is 7.96. The van der Waals surface area contributed by atoms with E-state index in [0.29, 0.717) is 32.6 Å². The lowest BCUT2D eigenvalue weighted by atomic mass is 10.1. The van der Waals surface area contributed by atoms with Gasteiger partial charge in [-0.25, -0.2) is 13.4 Å². The minimum absolute atomic E-state index is 0.0142. The lowest BCUT2D eigenvalue weighted by Gasteiger charge is -2.37. The monoisotopic (exact) mass is 299 g/mol. The molecule has 2 N–H and O–H groups in total. The van der Waals surface area contributed by atoms with Crippen LogP contribution in [0.2, 0.25) is 0 Å². The highest BCUT2D eigenvalue weighted by molar-refractivity contribution is 7.89. The van der Waals surface area contributed by atoms with Crippen LogP contribution in [0.5, 0.6) is 0 Å². The van der Waals surface area contributed by atoms with Gasteiger partial charge >= 0.3 is 0 Å². The SMILES string of the molecule is Nc1ncccc1S(=O)(=O)N1CCCC2(C1)OCCO2. The minimum Gasteiger partial charge on any atom is -0.383 e. The van der Waals surface area contributed by atoms with Gasteiger partial charge in [0.15, 0.2) is 5.79 Å². The first kappa shape index (κ1) is 13.7. The van der Waals surface area contributed by atoms with Gasteiger partial charge in [0.2, 0.25) is 10.0 Å². The number of ether oxygens (including phenoxy) is 2. The van der Waals surface area contributed by atoms with Crippen LogP contribution in [0.1, 0.15) is 12.8 Å². The van der Waals surface area contributed by atoms with E-state index in [0.717, 1.165) is 0 Å². The van der Waals surface area contributed by atoms with Gasteiger partial charge in [-0.15, -0.1) is 0 Å². The van der Waals surface area contributed by atoms with Gasteiger partial charge in [0.05, 0.1) is 19.8 Å². The molecule has 0 aromatic carbocycles. The number of piperidine rings is 1. The Kier molecular flexibility index (Phi) is 3.41. The van der Waals surface area contributed by atoms with E-state index in [-0.39, 0.29) is 17.3 Å². The van der Waals surface area contributed by atoms with Crippen molar-refractivity contribution in [1.29, 1.82) is 0 Å². The van der Waals surface area contributed by atoms with E-state index in [9.17, 15) is 8.42 Å². The molecule has 2 saturated heterocycles. The van der Waals surface area contributed by atoms with Crippen molar-refractivity contribution in [3.63, 3.8) is 0 Å². The van der Waals surface area contributed by atoms with Crippen LogP contribution in [-0.4, -0.2) is 49.8 Å². The summed E-state index contributed by atoms with van der Waals surface area (Å²) < 4.78 is 37.9. The molecule has 0 amide bonds. The third-order valence-corrected chi connectivity index (χ3v) is 5.51. The summed E-state index contributed by atoms with van der Waals surface area (Å²) >= 11 is 0. The van der Waals surface area contributed by atoms with Crippen LogP contribution in [0.25, 0.3) is 0 Å². The number of nitrogen functional groups attached to an aromatic ring is 1. The standard InChI is InChI=1S/C12H17N3O4S/c13-11-10(3-1-5-14-11)20(16,17)15-6-2-4-12(9-15)18-7-8-19-12/h1,3,5H,2,4,6-9H2,(H2,13,14). The van der Waals surface area contributed by atoms with Crippen molar-refractivity contribution >= 4 is 15.8 Å². The van der Waals surface area contributed by atoms with E-state index in [1.165, 1.54) is 16.6 Å². The Morgan fingerprint density at radius 1 is 1.35 bits per heavy atom. The maximum Gasteiger partial charge on any atom is 0.246 e. The number of hydrogen-bond acceptors (Lipinski definition) is 6. The normalized spacial score (nSPS) is 23.2. The quantitative estimate of drug-likeness (QED) is 0.838. The number of sulfonamides is 1. The fraction of sp³-hybridized carbons (Fsp3) is 0.583. The molecule has 2 aliphatic heterocycles. The number of pyridine rings is 1. The van der Waals surface area contributed by atoms with E-state index in [4.69, 9.17) is 15.2 Å². The van der Waals surface area contributed by atoms with E-state index in [1.807, 2.05) is 0 Å². The molecule has 20 heavy (non-hydrogen) atoms. The molecule has 1 aromatic rings. The van der Waals surface area contributed by atoms with Crippen LogP contribution in [0.15, 0.2) is 23.2 Å². The van der Waals surface area contributed by atoms with Crippen LogP contribution >= 0.6 is 0 Å². The van der Waals surface area contributed by atoms with Crippen LogP contribution < -0.4 is 5.73 Å². The molecular weight excluding hydrogens is 282 g/mol. The summed E-state index contributed by atoms with van der Waals surface area (Å²) in [6.45, 7) is 1.64. The van der Waals surface area contributed by atoms with Crippen LogP contribution in [0.3, 0.4) is 0 Å². The van der Waals surface area contributed by atoms with Crippen molar-refractivity contribution in [1.82, 2.24) is 9.29 Å². The first-order valence-electron chi connectivity index (χ1n) is 6.52. The van der Waals surface area contributed by atoms with Crippen LogP contribution in [0.4, 0.5) is 5.82 Å². The number of anilines is 1. The zero-order valence-corrected chi connectivity index (χ0v) is 11.8. The molecule has 0 aliphatic carbocycles. The van der Waals surface area contributed by atoms with E-state index >= 15 is 0 Å². The van der Waals surface area contributed by atoms with Crippen molar-refractivity contribution in [3.05, 3.63) is 18.3 Å². The average molecular weight is 299 g/mol. The molecule has 110 valence electrons. The second-order valence-corrected chi connectivity index (χ2v) is 6.84. The van der Waals surface area contributed by atoms with Gasteiger partial charge in [0.25, 0.3) is 0 Å². The smallest absolute Gasteiger partial charge is 0.246 e. The van der Waals surface area contributed by atoms with Crippen molar-refractivity contribution in [2.45, 2.75) is 23.5 Å². The van der Waals surface area contributed by atoms with E-state index in [2.05, 4.69) is 4.98 Å². The van der Waals surface area contributed by atoms with Crippen molar-refractivity contribution in [3.8, 4) is 0 Å². The number of nitrogens with zero attached hydrogens (tertiary/aromatic N) is 2. The molecule has 8 heteroatoms. The Morgan fingerprint density at radius 3 is 2.80 bits per heavy atom.